The van der Waals surface area contributed by atoms with Gasteiger partial charge in [0.05, 0.1) is 19.0 Å². The van der Waals surface area contributed by atoms with Crippen molar-refractivity contribution in [2.75, 3.05) is 30.6 Å². The number of ether oxygens (including phenoxy) is 1. The highest BCUT2D eigenvalue weighted by Crippen LogP contribution is 2.24. The molecule has 0 saturated carbocycles. The fraction of sp³-hybridized carbons (Fsp3) is 0.821. The lowest BCUT2D eigenvalue weighted by atomic mass is 10.1. The van der Waals surface area contributed by atoms with Crippen LogP contribution in [-0.4, -0.2) is 50.5 Å². The smallest absolute Gasteiger partial charge is 0.382 e. The van der Waals surface area contributed by atoms with Gasteiger partial charge in [0.2, 0.25) is 6.79 Å². The lowest BCUT2D eigenvalue weighted by Crippen LogP contribution is -2.17. The Bertz CT molecular complexity index is 904. The zero-order chi connectivity index (χ0) is 28.0. The molecule has 2 heterocycles. The summed E-state index contributed by atoms with van der Waals surface area (Å²) >= 11 is 2.09. The molecule has 0 aliphatic heterocycles. The van der Waals surface area contributed by atoms with Gasteiger partial charge in [0, 0.05) is 4.57 Å². The number of hydrogen-bond acceptors (Lipinski definition) is 9. The van der Waals surface area contributed by atoms with Gasteiger partial charge < -0.3 is 15.0 Å². The first kappa shape index (κ1) is 33.9. The number of imidazole rings is 1. The molecule has 0 fully saturated rings. The van der Waals surface area contributed by atoms with E-state index in [1.807, 2.05) is 11.5 Å². The predicted octanol–water partition coefficient (Wildman–Crippen LogP) is 8.07. The van der Waals surface area contributed by atoms with Gasteiger partial charge in [0.25, 0.3) is 0 Å². The SMILES string of the molecule is CCCCCCCCCCCCCSCCCCCCO[P+](=O)OCO[C@H](C)Cn1cnc2c(N)ncnc21. The standard InChI is InChI=1S/C28H51N5O4PS/c1-3-4-5-6-7-8-9-10-11-13-16-19-39-20-17-14-12-15-18-36-38(34)37-24-35-25(2)21-33-23-32-26-27(29)30-22-31-28(26)33/h22-23,25H,3-21,24H2,1-2H3,(H2,29,30,31)/q+1/t25-/m1/s1. The molecule has 0 radical (unpaired) electrons. The van der Waals surface area contributed by atoms with Crippen LogP contribution >= 0.6 is 20.0 Å². The van der Waals surface area contributed by atoms with Crippen molar-refractivity contribution in [3.05, 3.63) is 12.7 Å². The molecule has 0 bridgehead atoms. The van der Waals surface area contributed by atoms with Gasteiger partial charge >= 0.3 is 8.25 Å². The van der Waals surface area contributed by atoms with Gasteiger partial charge in [-0.2, -0.15) is 11.8 Å². The van der Waals surface area contributed by atoms with E-state index in [1.165, 1.54) is 101 Å². The minimum atomic E-state index is -2.17. The summed E-state index contributed by atoms with van der Waals surface area (Å²) in [4.78, 5) is 12.4. The third-order valence-corrected chi connectivity index (χ3v) is 8.53. The summed E-state index contributed by atoms with van der Waals surface area (Å²) in [5, 5.41) is 0. The van der Waals surface area contributed by atoms with Gasteiger partial charge in [0.15, 0.2) is 11.5 Å². The summed E-state index contributed by atoms with van der Waals surface area (Å²) in [5.74, 6) is 2.87. The number of nitrogens with two attached hydrogens (primary N) is 1. The number of nitrogens with zero attached hydrogens (tertiary/aromatic N) is 4. The number of aromatic nitrogens is 4. The van der Waals surface area contributed by atoms with E-state index in [-0.39, 0.29) is 12.9 Å². The maximum Gasteiger partial charge on any atom is 0.699 e. The van der Waals surface area contributed by atoms with Crippen molar-refractivity contribution >= 4 is 37.0 Å². The maximum absolute atomic E-state index is 11.9. The fourth-order valence-electron chi connectivity index (χ4n) is 4.36. The highest BCUT2D eigenvalue weighted by molar-refractivity contribution is 7.99. The van der Waals surface area contributed by atoms with Crippen molar-refractivity contribution in [3.8, 4) is 0 Å². The number of anilines is 1. The molecular formula is C28H51N5O4PS+. The van der Waals surface area contributed by atoms with Crippen LogP contribution in [0.25, 0.3) is 11.2 Å². The Kier molecular flexibility index (Phi) is 19.4. The lowest BCUT2D eigenvalue weighted by Gasteiger charge is -2.11. The second-order valence-corrected chi connectivity index (χ2v) is 12.4. The van der Waals surface area contributed by atoms with Crippen LogP contribution in [0.5, 0.6) is 0 Å². The third kappa shape index (κ3) is 15.9. The maximum atomic E-state index is 11.9. The molecule has 39 heavy (non-hydrogen) atoms. The molecule has 2 aromatic heterocycles. The second kappa shape index (κ2) is 22.4. The summed E-state index contributed by atoms with van der Waals surface area (Å²) < 4.78 is 29.8. The van der Waals surface area contributed by atoms with E-state index in [9.17, 15) is 4.57 Å². The molecule has 0 aliphatic rings. The molecule has 2 rings (SSSR count). The van der Waals surface area contributed by atoms with E-state index < -0.39 is 8.25 Å². The quantitative estimate of drug-likeness (QED) is 0.0666. The minimum absolute atomic E-state index is 0.101. The van der Waals surface area contributed by atoms with E-state index in [4.69, 9.17) is 19.5 Å². The number of nitrogen functional groups attached to an aromatic ring is 1. The van der Waals surface area contributed by atoms with Crippen molar-refractivity contribution in [2.45, 2.75) is 123 Å². The largest absolute Gasteiger partial charge is 0.699 e. The molecule has 2 aromatic rings. The Labute approximate surface area is 240 Å². The Morgan fingerprint density at radius 3 is 2.15 bits per heavy atom. The molecule has 222 valence electrons. The van der Waals surface area contributed by atoms with Crippen LogP contribution in [0.4, 0.5) is 5.82 Å². The molecule has 11 heteroatoms. The lowest BCUT2D eigenvalue weighted by molar-refractivity contribution is -0.0367. The molecule has 2 atom stereocenters. The minimum Gasteiger partial charge on any atom is -0.382 e. The van der Waals surface area contributed by atoms with E-state index in [0.29, 0.717) is 30.1 Å². The van der Waals surface area contributed by atoms with E-state index in [2.05, 4.69) is 33.6 Å². The first-order valence-electron chi connectivity index (χ1n) is 15.0. The first-order valence-corrected chi connectivity index (χ1v) is 17.2. The molecule has 0 aliphatic carbocycles. The average Bonchev–Trinajstić information content (AvgIpc) is 3.33. The highest BCUT2D eigenvalue weighted by atomic mass is 32.2. The number of hydrogen-bond donors (Lipinski definition) is 1. The summed E-state index contributed by atoms with van der Waals surface area (Å²) in [6, 6.07) is 0. The van der Waals surface area contributed by atoms with Gasteiger partial charge in [-0.05, 0) is 37.7 Å². The summed E-state index contributed by atoms with van der Waals surface area (Å²) in [6.07, 6.45) is 22.7. The van der Waals surface area contributed by atoms with Crippen LogP contribution in [0.2, 0.25) is 0 Å². The van der Waals surface area contributed by atoms with Crippen LogP contribution in [0, 0.1) is 0 Å². The zero-order valence-corrected chi connectivity index (χ0v) is 25.9. The molecule has 1 unspecified atom stereocenters. The zero-order valence-electron chi connectivity index (χ0n) is 24.2. The van der Waals surface area contributed by atoms with Gasteiger partial charge in [0.1, 0.15) is 18.5 Å². The second-order valence-electron chi connectivity index (χ2n) is 10.2. The number of thioether (sulfide) groups is 1. The normalized spacial score (nSPS) is 12.8. The Hall–Kier alpha value is -1.32. The summed E-state index contributed by atoms with van der Waals surface area (Å²) in [7, 11) is -2.17. The van der Waals surface area contributed by atoms with Crippen LogP contribution in [0.3, 0.4) is 0 Å². The van der Waals surface area contributed by atoms with Gasteiger partial charge in [-0.3, -0.25) is 0 Å². The number of unbranched alkanes of at least 4 members (excludes halogenated alkanes) is 13. The molecule has 9 nitrogen and oxygen atoms in total. The van der Waals surface area contributed by atoms with Crippen molar-refractivity contribution < 1.29 is 18.3 Å². The van der Waals surface area contributed by atoms with Crippen molar-refractivity contribution in [1.82, 2.24) is 19.5 Å². The molecule has 2 N–H and O–H groups in total. The Morgan fingerprint density at radius 1 is 0.872 bits per heavy atom. The third-order valence-electron chi connectivity index (χ3n) is 6.67. The van der Waals surface area contributed by atoms with Crippen molar-refractivity contribution in [1.29, 1.82) is 0 Å². The molecular weight excluding hydrogens is 533 g/mol. The summed E-state index contributed by atoms with van der Waals surface area (Å²) in [6.45, 7) is 5.02. The number of rotatable bonds is 26. The predicted molar refractivity (Wildman–Crippen MR) is 162 cm³/mol. The van der Waals surface area contributed by atoms with E-state index in [1.54, 1.807) is 6.33 Å². The topological polar surface area (TPSA) is 114 Å². The van der Waals surface area contributed by atoms with Gasteiger partial charge in [-0.25, -0.2) is 15.0 Å². The van der Waals surface area contributed by atoms with Crippen LogP contribution < -0.4 is 5.73 Å². The summed E-state index contributed by atoms with van der Waals surface area (Å²) in [5.41, 5.74) is 7.03. The fourth-order valence-corrected chi connectivity index (χ4v) is 5.88. The first-order chi connectivity index (χ1) is 19.1. The van der Waals surface area contributed by atoms with E-state index in [0.717, 1.165) is 12.8 Å². The monoisotopic (exact) mass is 584 g/mol. The Balaban J connectivity index is 1.32. The molecule has 0 spiro atoms. The number of fused-ring (bicyclic) bond motifs is 1. The molecule has 0 aromatic carbocycles. The van der Waals surface area contributed by atoms with Crippen LogP contribution in [0.1, 0.15) is 110 Å². The highest BCUT2D eigenvalue weighted by Gasteiger charge is 2.21. The average molecular weight is 585 g/mol. The molecule has 0 amide bonds. The van der Waals surface area contributed by atoms with Gasteiger partial charge in [-0.15, -0.1) is 4.52 Å². The van der Waals surface area contributed by atoms with E-state index >= 15 is 0 Å². The van der Waals surface area contributed by atoms with Crippen LogP contribution in [-0.2, 0) is 24.9 Å². The van der Waals surface area contributed by atoms with Gasteiger partial charge in [-0.1, -0.05) is 88.5 Å². The van der Waals surface area contributed by atoms with Crippen LogP contribution in [0.15, 0.2) is 12.7 Å². The molecule has 0 saturated heterocycles. The van der Waals surface area contributed by atoms with Crippen molar-refractivity contribution in [3.63, 3.8) is 0 Å². The Morgan fingerprint density at radius 2 is 1.49 bits per heavy atom. The van der Waals surface area contributed by atoms with Crippen molar-refractivity contribution in [2.24, 2.45) is 0 Å².